The Balaban J connectivity index is 2.59. The van der Waals surface area contributed by atoms with Crippen molar-refractivity contribution in [2.45, 2.75) is 0 Å². The van der Waals surface area contributed by atoms with Crippen molar-refractivity contribution in [3.05, 3.63) is 22.2 Å². The van der Waals surface area contributed by atoms with Crippen LogP contribution in [0.25, 0.3) is 0 Å². The first-order valence-electron chi connectivity index (χ1n) is 4.71. The maximum atomic E-state index is 10.5. The van der Waals surface area contributed by atoms with Gasteiger partial charge < -0.3 is 22.5 Å². The lowest BCUT2D eigenvalue weighted by Gasteiger charge is -2.04. The first kappa shape index (κ1) is 12.5. The Hall–Kier alpha value is -2.58. The van der Waals surface area contributed by atoms with Crippen LogP contribution in [0, 0.1) is 10.1 Å². The number of guanidine groups is 1. The average molecular weight is 239 g/mol. The summed E-state index contributed by atoms with van der Waals surface area (Å²) in [5.41, 5.74) is 15.5. The van der Waals surface area contributed by atoms with Crippen molar-refractivity contribution in [2.24, 2.45) is 16.5 Å². The summed E-state index contributed by atoms with van der Waals surface area (Å²) in [6.07, 6.45) is 0. The zero-order chi connectivity index (χ0) is 12.8. The van der Waals surface area contributed by atoms with E-state index in [9.17, 15) is 10.1 Å². The zero-order valence-corrected chi connectivity index (χ0v) is 8.96. The normalized spacial score (nSPS) is 9.65. The van der Waals surface area contributed by atoms with E-state index >= 15 is 0 Å². The molecule has 9 heteroatoms. The van der Waals surface area contributed by atoms with E-state index in [2.05, 4.69) is 15.3 Å². The molecular weight excluding hydrogens is 226 g/mol. The lowest BCUT2D eigenvalue weighted by atomic mass is 10.4. The van der Waals surface area contributed by atoms with E-state index in [1.54, 1.807) is 0 Å². The Morgan fingerprint density at radius 1 is 1.53 bits per heavy atom. The van der Waals surface area contributed by atoms with E-state index in [4.69, 9.17) is 17.2 Å². The fourth-order valence-corrected chi connectivity index (χ4v) is 1.09. The molecular formula is C8H13N7O2. The van der Waals surface area contributed by atoms with Gasteiger partial charge in [-0.1, -0.05) is 0 Å². The summed E-state index contributed by atoms with van der Waals surface area (Å²) in [6.45, 7) is 0.822. The summed E-state index contributed by atoms with van der Waals surface area (Å²) in [6, 6.07) is 2.75. The van der Waals surface area contributed by atoms with Crippen LogP contribution in [-0.2, 0) is 0 Å². The monoisotopic (exact) mass is 239 g/mol. The molecule has 1 rings (SSSR count). The Labute approximate surface area is 96.9 Å². The lowest BCUT2D eigenvalue weighted by Crippen LogP contribution is -2.24. The van der Waals surface area contributed by atoms with Crippen LogP contribution in [-0.4, -0.2) is 29.0 Å². The zero-order valence-electron chi connectivity index (χ0n) is 8.96. The molecule has 0 amide bonds. The standard InChI is InChI=1S/C8H13N7O2/c9-7-5(15(16)17)1-2-6(14-7)12-3-4-13-8(10)11/h1-2H,3-4H2,(H3,9,12,14)(H4,10,11,13). The number of hydrogen-bond acceptors (Lipinski definition) is 6. The molecule has 92 valence electrons. The quantitative estimate of drug-likeness (QED) is 0.173. The highest BCUT2D eigenvalue weighted by atomic mass is 16.6. The number of rotatable bonds is 5. The van der Waals surface area contributed by atoms with Crippen LogP contribution in [0.15, 0.2) is 17.1 Å². The maximum Gasteiger partial charge on any atom is 0.311 e. The molecule has 9 nitrogen and oxygen atoms in total. The second-order valence-corrected chi connectivity index (χ2v) is 3.09. The second-order valence-electron chi connectivity index (χ2n) is 3.09. The summed E-state index contributed by atoms with van der Waals surface area (Å²) in [5, 5.41) is 13.4. The molecule has 0 aromatic carbocycles. The molecule has 0 aliphatic rings. The van der Waals surface area contributed by atoms with Gasteiger partial charge in [0.05, 0.1) is 11.5 Å². The van der Waals surface area contributed by atoms with E-state index < -0.39 is 4.92 Å². The van der Waals surface area contributed by atoms with Crippen LogP contribution in [0.4, 0.5) is 17.3 Å². The number of nitrogen functional groups attached to an aromatic ring is 1. The third-order valence-corrected chi connectivity index (χ3v) is 1.81. The van der Waals surface area contributed by atoms with Crippen LogP contribution in [0.2, 0.25) is 0 Å². The number of anilines is 2. The number of aliphatic imine (C=N–C) groups is 1. The maximum absolute atomic E-state index is 10.5. The van der Waals surface area contributed by atoms with Gasteiger partial charge in [-0.15, -0.1) is 0 Å². The second kappa shape index (κ2) is 5.49. The van der Waals surface area contributed by atoms with Crippen molar-refractivity contribution < 1.29 is 4.92 Å². The molecule has 0 unspecified atom stereocenters. The van der Waals surface area contributed by atoms with Crippen LogP contribution in [0.5, 0.6) is 0 Å². The molecule has 1 aromatic rings. The highest BCUT2D eigenvalue weighted by molar-refractivity contribution is 5.75. The van der Waals surface area contributed by atoms with Crippen LogP contribution in [0.3, 0.4) is 0 Å². The first-order valence-corrected chi connectivity index (χ1v) is 4.71. The van der Waals surface area contributed by atoms with Gasteiger partial charge in [0.2, 0.25) is 5.82 Å². The Bertz CT molecular complexity index is 441. The van der Waals surface area contributed by atoms with Crippen molar-refractivity contribution in [1.82, 2.24) is 4.98 Å². The van der Waals surface area contributed by atoms with Crippen molar-refractivity contribution in [3.8, 4) is 0 Å². The van der Waals surface area contributed by atoms with Gasteiger partial charge in [-0.25, -0.2) is 4.98 Å². The summed E-state index contributed by atoms with van der Waals surface area (Å²) in [5.74, 6) is 0.295. The van der Waals surface area contributed by atoms with E-state index in [0.717, 1.165) is 0 Å². The molecule has 0 fully saturated rings. The summed E-state index contributed by atoms with van der Waals surface area (Å²) < 4.78 is 0. The molecule has 1 heterocycles. The highest BCUT2D eigenvalue weighted by Crippen LogP contribution is 2.20. The Morgan fingerprint density at radius 3 is 2.76 bits per heavy atom. The third kappa shape index (κ3) is 3.81. The number of nitrogens with zero attached hydrogens (tertiary/aromatic N) is 3. The van der Waals surface area contributed by atoms with E-state index in [-0.39, 0.29) is 17.5 Å². The van der Waals surface area contributed by atoms with Crippen LogP contribution >= 0.6 is 0 Å². The Morgan fingerprint density at radius 2 is 2.24 bits per heavy atom. The molecule has 0 bridgehead atoms. The van der Waals surface area contributed by atoms with Crippen LogP contribution < -0.4 is 22.5 Å². The highest BCUT2D eigenvalue weighted by Gasteiger charge is 2.12. The fourth-order valence-electron chi connectivity index (χ4n) is 1.09. The minimum absolute atomic E-state index is 0.00275. The number of nitrogens with one attached hydrogen (secondary N) is 1. The van der Waals surface area contributed by atoms with E-state index in [1.165, 1.54) is 12.1 Å². The summed E-state index contributed by atoms with van der Waals surface area (Å²) in [4.78, 5) is 17.5. The third-order valence-electron chi connectivity index (χ3n) is 1.81. The van der Waals surface area contributed by atoms with Gasteiger partial charge >= 0.3 is 5.69 Å². The van der Waals surface area contributed by atoms with Gasteiger partial charge in [0.25, 0.3) is 0 Å². The molecule has 0 radical (unpaired) electrons. The molecule has 0 saturated carbocycles. The lowest BCUT2D eigenvalue weighted by molar-refractivity contribution is -0.384. The fraction of sp³-hybridized carbons (Fsp3) is 0.250. The van der Waals surface area contributed by atoms with Crippen molar-refractivity contribution in [3.63, 3.8) is 0 Å². The predicted octanol–water partition coefficient (Wildman–Crippen LogP) is -0.743. The molecule has 1 aromatic heterocycles. The molecule has 0 spiro atoms. The molecule has 0 atom stereocenters. The first-order chi connectivity index (χ1) is 8.00. The topological polar surface area (TPSA) is 158 Å². The van der Waals surface area contributed by atoms with Gasteiger partial charge in [0.1, 0.15) is 5.82 Å². The largest absolute Gasteiger partial charge is 0.378 e. The smallest absolute Gasteiger partial charge is 0.311 e. The minimum Gasteiger partial charge on any atom is -0.378 e. The predicted molar refractivity (Wildman–Crippen MR) is 64.5 cm³/mol. The number of pyridine rings is 1. The van der Waals surface area contributed by atoms with Gasteiger partial charge in [-0.3, -0.25) is 15.1 Å². The molecule has 0 aliphatic carbocycles. The number of aromatic nitrogens is 1. The molecule has 0 saturated heterocycles. The Kier molecular flexibility index (Phi) is 4.03. The number of nitro groups is 1. The molecule has 17 heavy (non-hydrogen) atoms. The average Bonchev–Trinajstić information content (AvgIpc) is 2.23. The van der Waals surface area contributed by atoms with Crippen molar-refractivity contribution in [1.29, 1.82) is 0 Å². The summed E-state index contributed by atoms with van der Waals surface area (Å²) >= 11 is 0. The molecule has 0 aliphatic heterocycles. The van der Waals surface area contributed by atoms with E-state index in [0.29, 0.717) is 18.9 Å². The minimum atomic E-state index is -0.592. The van der Waals surface area contributed by atoms with Crippen molar-refractivity contribution >= 4 is 23.3 Å². The van der Waals surface area contributed by atoms with Gasteiger partial charge in [0, 0.05) is 12.6 Å². The molecule has 7 N–H and O–H groups in total. The summed E-state index contributed by atoms with van der Waals surface area (Å²) in [7, 11) is 0. The van der Waals surface area contributed by atoms with Gasteiger partial charge in [0.15, 0.2) is 5.96 Å². The SMILES string of the molecule is NC(N)=NCCNc1ccc([N+](=O)[O-])c(N)n1. The number of nitrogens with two attached hydrogens (primary N) is 3. The van der Waals surface area contributed by atoms with Gasteiger partial charge in [-0.2, -0.15) is 0 Å². The van der Waals surface area contributed by atoms with Crippen molar-refractivity contribution in [2.75, 3.05) is 24.1 Å². The van der Waals surface area contributed by atoms with E-state index in [1.807, 2.05) is 0 Å². The number of hydrogen-bond donors (Lipinski definition) is 4. The van der Waals surface area contributed by atoms with Gasteiger partial charge in [-0.05, 0) is 6.07 Å². The van der Waals surface area contributed by atoms with Crippen LogP contribution in [0.1, 0.15) is 0 Å².